The lowest BCUT2D eigenvalue weighted by Gasteiger charge is -2.10. The number of carbonyl (C=O) groups is 1. The number of amides is 1. The van der Waals surface area contributed by atoms with Crippen LogP contribution in [0.2, 0.25) is 0 Å². The van der Waals surface area contributed by atoms with Gasteiger partial charge in [-0.05, 0) is 17.7 Å². The quantitative estimate of drug-likeness (QED) is 0.798. The molecule has 4 rings (SSSR count). The van der Waals surface area contributed by atoms with E-state index in [0.29, 0.717) is 23.4 Å². The maximum absolute atomic E-state index is 14.1. The van der Waals surface area contributed by atoms with Gasteiger partial charge in [0.05, 0.1) is 29.1 Å². The molecule has 124 valence electrons. The maximum atomic E-state index is 14.1. The van der Waals surface area contributed by atoms with E-state index in [1.165, 1.54) is 6.07 Å². The van der Waals surface area contributed by atoms with E-state index in [0.717, 1.165) is 17.7 Å². The highest BCUT2D eigenvalue weighted by molar-refractivity contribution is 5.99. The summed E-state index contributed by atoms with van der Waals surface area (Å²) in [5.74, 6) is -1.77. The average molecular weight is 337 g/mol. The van der Waals surface area contributed by atoms with Crippen molar-refractivity contribution in [1.82, 2.24) is 15.3 Å². The van der Waals surface area contributed by atoms with Gasteiger partial charge >= 0.3 is 0 Å². The summed E-state index contributed by atoms with van der Waals surface area (Å²) in [5.41, 5.74) is 1.99. The van der Waals surface area contributed by atoms with Gasteiger partial charge in [-0.15, -0.1) is 0 Å². The molecule has 0 aliphatic carbocycles. The molecule has 0 unspecified atom stereocenters. The van der Waals surface area contributed by atoms with Crippen LogP contribution in [0.5, 0.6) is 0 Å². The lowest BCUT2D eigenvalue weighted by molar-refractivity contribution is 0.0964. The Morgan fingerprint density at radius 2 is 1.64 bits per heavy atom. The SMILES string of the molecule is O=C1NCc2nc(-c3c(F)cccc3F)nc(Cc3ccccc3)c21. The summed E-state index contributed by atoms with van der Waals surface area (Å²) in [6.45, 7) is 0.224. The molecular formula is C19H13F2N3O. The van der Waals surface area contributed by atoms with Crippen molar-refractivity contribution in [2.75, 3.05) is 0 Å². The molecule has 6 heteroatoms. The Labute approximate surface area is 142 Å². The minimum absolute atomic E-state index is 0.0446. The standard InChI is InChI=1S/C19H13F2N3O/c20-12-7-4-8-13(21)16(12)18-23-14(9-11-5-2-1-3-6-11)17-15(24-18)10-22-19(17)25/h1-8H,9-10H2,(H,22,25). The van der Waals surface area contributed by atoms with Crippen molar-refractivity contribution >= 4 is 5.91 Å². The zero-order valence-corrected chi connectivity index (χ0v) is 13.1. The second kappa shape index (κ2) is 6.05. The first-order valence-corrected chi connectivity index (χ1v) is 7.80. The molecule has 1 amide bonds. The molecule has 1 aromatic heterocycles. The summed E-state index contributed by atoms with van der Waals surface area (Å²) in [7, 11) is 0. The first-order chi connectivity index (χ1) is 12.1. The number of fused-ring (bicyclic) bond motifs is 1. The minimum atomic E-state index is -0.733. The number of hydrogen-bond donors (Lipinski definition) is 1. The van der Waals surface area contributed by atoms with Crippen molar-refractivity contribution in [3.05, 3.63) is 82.7 Å². The Morgan fingerprint density at radius 3 is 2.36 bits per heavy atom. The second-order valence-electron chi connectivity index (χ2n) is 5.76. The Balaban J connectivity index is 1.88. The summed E-state index contributed by atoms with van der Waals surface area (Å²) in [5, 5.41) is 2.69. The first-order valence-electron chi connectivity index (χ1n) is 7.80. The zero-order chi connectivity index (χ0) is 17.4. The van der Waals surface area contributed by atoms with Gasteiger partial charge in [0, 0.05) is 6.42 Å². The number of nitrogens with one attached hydrogen (secondary N) is 1. The predicted octanol–water partition coefficient (Wildman–Crippen LogP) is 3.26. The molecule has 0 atom stereocenters. The van der Waals surface area contributed by atoms with E-state index in [1.54, 1.807) is 0 Å². The van der Waals surface area contributed by atoms with E-state index in [9.17, 15) is 13.6 Å². The van der Waals surface area contributed by atoms with Gasteiger partial charge in [0.2, 0.25) is 0 Å². The van der Waals surface area contributed by atoms with Crippen LogP contribution in [0.25, 0.3) is 11.4 Å². The molecule has 1 aliphatic heterocycles. The molecule has 0 radical (unpaired) electrons. The number of aromatic nitrogens is 2. The largest absolute Gasteiger partial charge is 0.346 e. The molecule has 0 spiro atoms. The van der Waals surface area contributed by atoms with Crippen molar-refractivity contribution in [3.8, 4) is 11.4 Å². The van der Waals surface area contributed by atoms with Crippen molar-refractivity contribution in [3.63, 3.8) is 0 Å². The molecule has 0 saturated carbocycles. The van der Waals surface area contributed by atoms with Crippen LogP contribution in [-0.4, -0.2) is 15.9 Å². The number of rotatable bonds is 3. The summed E-state index contributed by atoms with van der Waals surface area (Å²) < 4.78 is 28.2. The van der Waals surface area contributed by atoms with Gasteiger partial charge in [0.1, 0.15) is 11.6 Å². The minimum Gasteiger partial charge on any atom is -0.346 e. The summed E-state index contributed by atoms with van der Waals surface area (Å²) >= 11 is 0. The number of benzene rings is 2. The van der Waals surface area contributed by atoms with Crippen LogP contribution >= 0.6 is 0 Å². The van der Waals surface area contributed by atoms with Crippen LogP contribution in [-0.2, 0) is 13.0 Å². The highest BCUT2D eigenvalue weighted by Gasteiger charge is 2.27. The monoisotopic (exact) mass is 337 g/mol. The molecule has 1 aliphatic rings. The topological polar surface area (TPSA) is 54.9 Å². The van der Waals surface area contributed by atoms with Gasteiger partial charge in [-0.2, -0.15) is 0 Å². The molecule has 0 bridgehead atoms. The van der Waals surface area contributed by atoms with Crippen molar-refractivity contribution in [2.45, 2.75) is 13.0 Å². The Kier molecular flexibility index (Phi) is 3.72. The fourth-order valence-electron chi connectivity index (χ4n) is 2.94. The smallest absolute Gasteiger partial charge is 0.255 e. The summed E-state index contributed by atoms with van der Waals surface area (Å²) in [6.07, 6.45) is 0.377. The van der Waals surface area contributed by atoms with E-state index in [-0.39, 0.29) is 23.8 Å². The molecule has 0 fully saturated rings. The van der Waals surface area contributed by atoms with Crippen LogP contribution < -0.4 is 5.32 Å². The number of hydrogen-bond acceptors (Lipinski definition) is 3. The third-order valence-corrected chi connectivity index (χ3v) is 4.10. The van der Waals surface area contributed by atoms with Crippen LogP contribution in [0.15, 0.2) is 48.5 Å². The molecule has 0 saturated heterocycles. The molecule has 4 nitrogen and oxygen atoms in total. The maximum Gasteiger partial charge on any atom is 0.255 e. The average Bonchev–Trinajstić information content (AvgIpc) is 2.97. The first kappa shape index (κ1) is 15.4. The zero-order valence-electron chi connectivity index (χ0n) is 13.1. The molecule has 2 heterocycles. The van der Waals surface area contributed by atoms with E-state index in [1.807, 2.05) is 30.3 Å². The van der Waals surface area contributed by atoms with Crippen molar-refractivity contribution in [2.24, 2.45) is 0 Å². The number of halogens is 2. The number of nitrogens with zero attached hydrogens (tertiary/aromatic N) is 2. The second-order valence-corrected chi connectivity index (χ2v) is 5.76. The van der Waals surface area contributed by atoms with Gasteiger partial charge in [0.15, 0.2) is 5.82 Å². The molecule has 25 heavy (non-hydrogen) atoms. The van der Waals surface area contributed by atoms with Gasteiger partial charge < -0.3 is 5.32 Å². The lowest BCUT2D eigenvalue weighted by atomic mass is 10.0. The normalized spacial score (nSPS) is 12.8. The van der Waals surface area contributed by atoms with Crippen LogP contribution in [0.4, 0.5) is 8.78 Å². The van der Waals surface area contributed by atoms with Crippen LogP contribution in [0.1, 0.15) is 27.3 Å². The Morgan fingerprint density at radius 1 is 0.920 bits per heavy atom. The van der Waals surface area contributed by atoms with E-state index < -0.39 is 11.6 Å². The van der Waals surface area contributed by atoms with Crippen LogP contribution in [0.3, 0.4) is 0 Å². The van der Waals surface area contributed by atoms with E-state index in [4.69, 9.17) is 0 Å². The van der Waals surface area contributed by atoms with E-state index >= 15 is 0 Å². The Bertz CT molecular complexity index is 954. The van der Waals surface area contributed by atoms with Crippen LogP contribution in [0, 0.1) is 11.6 Å². The molecule has 1 N–H and O–H groups in total. The predicted molar refractivity (Wildman–Crippen MR) is 87.8 cm³/mol. The third kappa shape index (κ3) is 2.76. The van der Waals surface area contributed by atoms with Crippen molar-refractivity contribution in [1.29, 1.82) is 0 Å². The fourth-order valence-corrected chi connectivity index (χ4v) is 2.94. The summed E-state index contributed by atoms with van der Waals surface area (Å²) in [6, 6.07) is 13.1. The fraction of sp³-hybridized carbons (Fsp3) is 0.105. The van der Waals surface area contributed by atoms with Gasteiger partial charge in [-0.1, -0.05) is 36.4 Å². The highest BCUT2D eigenvalue weighted by atomic mass is 19.1. The van der Waals surface area contributed by atoms with Gasteiger partial charge in [0.25, 0.3) is 5.91 Å². The van der Waals surface area contributed by atoms with Crippen molar-refractivity contribution < 1.29 is 13.6 Å². The third-order valence-electron chi connectivity index (χ3n) is 4.10. The molecular weight excluding hydrogens is 324 g/mol. The lowest BCUT2D eigenvalue weighted by Crippen LogP contribution is -2.14. The molecule has 3 aromatic rings. The Hall–Kier alpha value is -3.15. The molecule has 2 aromatic carbocycles. The van der Waals surface area contributed by atoms with Gasteiger partial charge in [-0.25, -0.2) is 18.7 Å². The van der Waals surface area contributed by atoms with E-state index in [2.05, 4.69) is 15.3 Å². The number of carbonyl (C=O) groups excluding carboxylic acids is 1. The van der Waals surface area contributed by atoms with Gasteiger partial charge in [-0.3, -0.25) is 4.79 Å². The highest BCUT2D eigenvalue weighted by Crippen LogP contribution is 2.27. The summed E-state index contributed by atoms with van der Waals surface area (Å²) in [4.78, 5) is 20.7.